The first-order chi connectivity index (χ1) is 14.8. The molecule has 1 saturated heterocycles. The average Bonchev–Trinajstić information content (AvgIpc) is 2.77. The number of amides is 1. The third-order valence-corrected chi connectivity index (χ3v) is 7.22. The number of nitrogens with zero attached hydrogens (tertiary/aromatic N) is 1. The van der Waals surface area contributed by atoms with Crippen molar-refractivity contribution in [3.05, 3.63) is 64.2 Å². The summed E-state index contributed by atoms with van der Waals surface area (Å²) in [5.41, 5.74) is 1.52. The Morgan fingerprint density at radius 2 is 1.84 bits per heavy atom. The van der Waals surface area contributed by atoms with Gasteiger partial charge in [0.05, 0.1) is 10.5 Å². The molecule has 1 heterocycles. The van der Waals surface area contributed by atoms with Crippen molar-refractivity contribution in [2.24, 2.45) is 0 Å². The fourth-order valence-corrected chi connectivity index (χ4v) is 5.10. The number of rotatable bonds is 7. The second-order valence-electron chi connectivity index (χ2n) is 7.42. The van der Waals surface area contributed by atoms with Crippen LogP contribution in [0.2, 0.25) is 5.02 Å². The summed E-state index contributed by atoms with van der Waals surface area (Å²) in [6.45, 7) is 2.42. The predicted molar refractivity (Wildman–Crippen MR) is 117 cm³/mol. The number of piperidine rings is 1. The Kier molecular flexibility index (Phi) is 7.69. The maximum Gasteiger partial charge on any atom is 0.338 e. The highest BCUT2D eigenvalue weighted by atomic mass is 35.5. The molecule has 0 aromatic heterocycles. The summed E-state index contributed by atoms with van der Waals surface area (Å²) in [6, 6.07) is 11.4. The average molecular weight is 465 g/mol. The Morgan fingerprint density at radius 3 is 2.55 bits per heavy atom. The Balaban J connectivity index is 1.62. The zero-order chi connectivity index (χ0) is 22.4. The Bertz CT molecular complexity index is 1070. The molecule has 9 heteroatoms. The van der Waals surface area contributed by atoms with E-state index in [0.29, 0.717) is 23.7 Å². The zero-order valence-corrected chi connectivity index (χ0v) is 18.8. The molecule has 0 atom stereocenters. The molecule has 7 nitrogen and oxygen atoms in total. The third kappa shape index (κ3) is 6.06. The van der Waals surface area contributed by atoms with Crippen LogP contribution in [-0.4, -0.2) is 44.3 Å². The summed E-state index contributed by atoms with van der Waals surface area (Å²) < 4.78 is 32.3. The van der Waals surface area contributed by atoms with Gasteiger partial charge in [0.25, 0.3) is 5.91 Å². The molecule has 31 heavy (non-hydrogen) atoms. The van der Waals surface area contributed by atoms with Gasteiger partial charge in [-0.2, -0.15) is 4.31 Å². The Morgan fingerprint density at radius 1 is 1.10 bits per heavy atom. The highest BCUT2D eigenvalue weighted by Gasteiger charge is 2.27. The van der Waals surface area contributed by atoms with Crippen molar-refractivity contribution in [1.29, 1.82) is 0 Å². The fourth-order valence-electron chi connectivity index (χ4n) is 3.34. The van der Waals surface area contributed by atoms with Crippen LogP contribution < -0.4 is 5.32 Å². The van der Waals surface area contributed by atoms with Gasteiger partial charge in [-0.15, -0.1) is 0 Å². The Labute approximate surface area is 187 Å². The van der Waals surface area contributed by atoms with Crippen molar-refractivity contribution in [1.82, 2.24) is 9.62 Å². The first kappa shape index (κ1) is 23.2. The SMILES string of the molecule is Cc1ccc(S(=O)(=O)N2CCCCC2)cc1C(=O)OCC(=O)NCc1cccc(Cl)c1. The number of sulfonamides is 1. The zero-order valence-electron chi connectivity index (χ0n) is 17.3. The van der Waals surface area contributed by atoms with Gasteiger partial charge in [0.2, 0.25) is 10.0 Å². The molecule has 0 spiro atoms. The molecule has 1 fully saturated rings. The van der Waals surface area contributed by atoms with Crippen molar-refractivity contribution in [2.45, 2.75) is 37.6 Å². The van der Waals surface area contributed by atoms with Crippen LogP contribution in [-0.2, 0) is 26.1 Å². The third-order valence-electron chi connectivity index (χ3n) is 5.09. The molecule has 0 saturated carbocycles. The number of carbonyl (C=O) groups is 2. The summed E-state index contributed by atoms with van der Waals surface area (Å²) >= 11 is 5.91. The van der Waals surface area contributed by atoms with Crippen molar-refractivity contribution in [2.75, 3.05) is 19.7 Å². The fraction of sp³-hybridized carbons (Fsp3) is 0.364. The van der Waals surface area contributed by atoms with Gasteiger partial charge in [-0.25, -0.2) is 13.2 Å². The number of carbonyl (C=O) groups excluding carboxylic acids is 2. The van der Waals surface area contributed by atoms with Crippen LogP contribution in [0.5, 0.6) is 0 Å². The predicted octanol–water partition coefficient (Wildman–Crippen LogP) is 3.30. The molecule has 2 aromatic carbocycles. The lowest BCUT2D eigenvalue weighted by atomic mass is 10.1. The number of esters is 1. The van der Waals surface area contributed by atoms with Crippen LogP contribution in [0, 0.1) is 6.92 Å². The molecule has 1 aliphatic rings. The number of halogens is 1. The summed E-state index contributed by atoms with van der Waals surface area (Å²) in [6.07, 6.45) is 2.66. The van der Waals surface area contributed by atoms with Crippen LogP contribution in [0.15, 0.2) is 47.4 Å². The van der Waals surface area contributed by atoms with Crippen LogP contribution in [0.25, 0.3) is 0 Å². The molecule has 0 unspecified atom stereocenters. The molecule has 0 aliphatic carbocycles. The van der Waals surface area contributed by atoms with Crippen LogP contribution in [0.1, 0.15) is 40.7 Å². The second-order valence-corrected chi connectivity index (χ2v) is 9.80. The maximum atomic E-state index is 12.9. The monoisotopic (exact) mass is 464 g/mol. The normalized spacial score (nSPS) is 14.8. The highest BCUT2D eigenvalue weighted by Crippen LogP contribution is 2.23. The molecule has 0 bridgehead atoms. The van der Waals surface area contributed by atoms with Gasteiger partial charge >= 0.3 is 5.97 Å². The van der Waals surface area contributed by atoms with Crippen LogP contribution in [0.3, 0.4) is 0 Å². The van der Waals surface area contributed by atoms with Gasteiger partial charge < -0.3 is 10.1 Å². The molecular weight excluding hydrogens is 440 g/mol. The molecular formula is C22H25ClN2O5S. The van der Waals surface area contributed by atoms with Gasteiger partial charge in [0.15, 0.2) is 6.61 Å². The minimum atomic E-state index is -3.67. The number of hydrogen-bond donors (Lipinski definition) is 1. The minimum absolute atomic E-state index is 0.0531. The van der Waals surface area contributed by atoms with E-state index >= 15 is 0 Å². The van der Waals surface area contributed by atoms with E-state index in [1.807, 2.05) is 6.07 Å². The lowest BCUT2D eigenvalue weighted by molar-refractivity contribution is -0.124. The van der Waals surface area contributed by atoms with E-state index in [2.05, 4.69) is 5.32 Å². The number of benzene rings is 2. The summed E-state index contributed by atoms with van der Waals surface area (Å²) in [5.74, 6) is -1.21. The van der Waals surface area contributed by atoms with Gasteiger partial charge in [0.1, 0.15) is 0 Å². The molecule has 1 amide bonds. The number of nitrogens with one attached hydrogen (secondary N) is 1. The van der Waals surface area contributed by atoms with Gasteiger partial charge in [0, 0.05) is 24.7 Å². The summed E-state index contributed by atoms with van der Waals surface area (Å²) in [4.78, 5) is 24.6. The molecule has 0 radical (unpaired) electrons. The first-order valence-electron chi connectivity index (χ1n) is 10.1. The topological polar surface area (TPSA) is 92.8 Å². The Hall–Kier alpha value is -2.42. The lowest BCUT2D eigenvalue weighted by Gasteiger charge is -2.26. The van der Waals surface area contributed by atoms with E-state index in [4.69, 9.17) is 16.3 Å². The van der Waals surface area contributed by atoms with E-state index in [0.717, 1.165) is 24.8 Å². The quantitative estimate of drug-likeness (QED) is 0.634. The maximum absolute atomic E-state index is 12.9. The van der Waals surface area contributed by atoms with Gasteiger partial charge in [-0.05, 0) is 55.2 Å². The van der Waals surface area contributed by atoms with E-state index in [1.54, 1.807) is 31.2 Å². The lowest BCUT2D eigenvalue weighted by Crippen LogP contribution is -2.35. The van der Waals surface area contributed by atoms with Gasteiger partial charge in [-0.1, -0.05) is 36.2 Å². The number of hydrogen-bond acceptors (Lipinski definition) is 5. The molecule has 1 aliphatic heterocycles. The second kappa shape index (κ2) is 10.3. The van der Waals surface area contributed by atoms with Crippen molar-refractivity contribution < 1.29 is 22.7 Å². The standard InChI is InChI=1S/C22H25ClN2O5S/c1-16-8-9-19(31(28,29)25-10-3-2-4-11-25)13-20(16)22(27)30-15-21(26)24-14-17-6-5-7-18(23)12-17/h5-9,12-13H,2-4,10-11,14-15H2,1H3,(H,24,26). The summed E-state index contributed by atoms with van der Waals surface area (Å²) in [7, 11) is -3.67. The first-order valence-corrected chi connectivity index (χ1v) is 11.9. The van der Waals surface area contributed by atoms with E-state index in [1.165, 1.54) is 16.4 Å². The van der Waals surface area contributed by atoms with Crippen molar-refractivity contribution in [3.8, 4) is 0 Å². The molecule has 2 aromatic rings. The smallest absolute Gasteiger partial charge is 0.338 e. The molecule has 3 rings (SSSR count). The van der Waals surface area contributed by atoms with Gasteiger partial charge in [-0.3, -0.25) is 4.79 Å². The highest BCUT2D eigenvalue weighted by molar-refractivity contribution is 7.89. The molecule has 1 N–H and O–H groups in total. The van der Waals surface area contributed by atoms with Crippen LogP contribution >= 0.6 is 11.6 Å². The number of aryl methyl sites for hydroxylation is 1. The van der Waals surface area contributed by atoms with E-state index in [9.17, 15) is 18.0 Å². The minimum Gasteiger partial charge on any atom is -0.452 e. The summed E-state index contributed by atoms with van der Waals surface area (Å²) in [5, 5.41) is 3.21. The van der Waals surface area contributed by atoms with Crippen molar-refractivity contribution >= 4 is 33.5 Å². The van der Waals surface area contributed by atoms with Crippen LogP contribution in [0.4, 0.5) is 0 Å². The molecule has 166 valence electrons. The number of ether oxygens (including phenoxy) is 1. The van der Waals surface area contributed by atoms with E-state index < -0.39 is 28.5 Å². The van der Waals surface area contributed by atoms with E-state index in [-0.39, 0.29) is 17.0 Å². The largest absolute Gasteiger partial charge is 0.452 e. The van der Waals surface area contributed by atoms with Crippen molar-refractivity contribution in [3.63, 3.8) is 0 Å².